The highest BCUT2D eigenvalue weighted by Crippen LogP contribution is 2.25. The molecular weight excluding hydrogens is 404 g/mol. The largest absolute Gasteiger partial charge is 0.468 e. The van der Waals surface area contributed by atoms with Crippen LogP contribution in [0.1, 0.15) is 67.7 Å². The molecule has 0 spiro atoms. The van der Waals surface area contributed by atoms with Crippen molar-refractivity contribution in [2.24, 2.45) is 0 Å². The average molecular weight is 437 g/mol. The van der Waals surface area contributed by atoms with Crippen LogP contribution in [0, 0.1) is 0 Å². The van der Waals surface area contributed by atoms with Gasteiger partial charge in [-0.3, -0.25) is 14.5 Å². The molecule has 1 aliphatic heterocycles. The topological polar surface area (TPSA) is 80.4 Å². The molecule has 0 bridgehead atoms. The van der Waals surface area contributed by atoms with E-state index in [1.165, 1.54) is 11.1 Å². The van der Waals surface area contributed by atoms with Crippen molar-refractivity contribution >= 4 is 16.7 Å². The molecule has 170 valence electrons. The van der Waals surface area contributed by atoms with Crippen LogP contribution in [-0.2, 0) is 6.54 Å². The second kappa shape index (κ2) is 10.6. The molecule has 2 aromatic heterocycles. The van der Waals surface area contributed by atoms with Gasteiger partial charge in [0.15, 0.2) is 5.69 Å². The maximum Gasteiger partial charge on any atom is 0.274 e. The number of nitrogens with one attached hydrogen (secondary N) is 1. The number of fused-ring (bicyclic) bond motifs is 1. The number of piperidine rings is 1. The number of nitrogens with zero attached hydrogens (tertiary/aromatic N) is 3. The predicted molar refractivity (Wildman–Crippen MR) is 125 cm³/mol. The molecule has 1 N–H and O–H groups in total. The number of aromatic nitrogens is 2. The molecule has 4 rings (SSSR count). The first-order valence-electron chi connectivity index (χ1n) is 11.7. The van der Waals surface area contributed by atoms with E-state index in [0.29, 0.717) is 29.6 Å². The fourth-order valence-electron chi connectivity index (χ4n) is 4.46. The van der Waals surface area contributed by atoms with E-state index in [0.717, 1.165) is 51.0 Å². The van der Waals surface area contributed by atoms with Gasteiger partial charge >= 0.3 is 0 Å². The van der Waals surface area contributed by atoms with Crippen LogP contribution >= 0.6 is 0 Å². The van der Waals surface area contributed by atoms with Crippen LogP contribution in [0.5, 0.6) is 0 Å². The Kier molecular flexibility index (Phi) is 7.37. The van der Waals surface area contributed by atoms with E-state index in [2.05, 4.69) is 22.2 Å². The van der Waals surface area contributed by atoms with E-state index in [1.54, 1.807) is 18.4 Å². The Labute approximate surface area is 188 Å². The SMILES string of the molecule is CCCCCn1nc(C(=O)NCC(c2ccco2)N2CCCCC2)c2ccccc2c1=O. The van der Waals surface area contributed by atoms with Gasteiger partial charge in [-0.15, -0.1) is 0 Å². The Morgan fingerprint density at radius 3 is 2.59 bits per heavy atom. The van der Waals surface area contributed by atoms with Crippen molar-refractivity contribution in [1.29, 1.82) is 0 Å². The summed E-state index contributed by atoms with van der Waals surface area (Å²) in [6, 6.07) is 11.1. The molecule has 1 saturated heterocycles. The fraction of sp³-hybridized carbons (Fsp3) is 0.480. The summed E-state index contributed by atoms with van der Waals surface area (Å²) in [5.74, 6) is 0.591. The van der Waals surface area contributed by atoms with E-state index in [9.17, 15) is 9.59 Å². The molecular formula is C25H32N4O3. The average Bonchev–Trinajstić information content (AvgIpc) is 3.36. The Bertz CT molecular complexity index is 1080. The lowest BCUT2D eigenvalue weighted by molar-refractivity contribution is 0.0908. The quantitative estimate of drug-likeness (QED) is 0.510. The maximum absolute atomic E-state index is 13.3. The minimum atomic E-state index is -0.265. The standard InChI is InChI=1S/C25H32N4O3/c1-2-3-7-16-29-25(31)20-12-6-5-11-19(20)23(27-29)24(30)26-18-21(22-13-10-17-32-22)28-14-8-4-9-15-28/h5-6,10-13,17,21H,2-4,7-9,14-16,18H2,1H3,(H,26,30). The molecule has 32 heavy (non-hydrogen) atoms. The summed E-state index contributed by atoms with van der Waals surface area (Å²) in [7, 11) is 0. The van der Waals surface area contributed by atoms with E-state index in [4.69, 9.17) is 4.42 Å². The van der Waals surface area contributed by atoms with Gasteiger partial charge in [0.1, 0.15) is 5.76 Å². The van der Waals surface area contributed by atoms with Crippen molar-refractivity contribution in [2.75, 3.05) is 19.6 Å². The summed E-state index contributed by atoms with van der Waals surface area (Å²) in [5.41, 5.74) is 0.156. The van der Waals surface area contributed by atoms with Crippen molar-refractivity contribution in [3.8, 4) is 0 Å². The van der Waals surface area contributed by atoms with E-state index in [-0.39, 0.29) is 17.5 Å². The van der Waals surface area contributed by atoms with Crippen LogP contribution < -0.4 is 10.9 Å². The van der Waals surface area contributed by atoms with Crippen molar-refractivity contribution in [1.82, 2.24) is 20.0 Å². The van der Waals surface area contributed by atoms with Gasteiger partial charge in [0.05, 0.1) is 17.7 Å². The van der Waals surface area contributed by atoms with Crippen molar-refractivity contribution in [3.05, 3.63) is 64.5 Å². The highest BCUT2D eigenvalue weighted by Gasteiger charge is 2.26. The number of aryl methyl sites for hydroxylation is 1. The number of furan rings is 1. The van der Waals surface area contributed by atoms with Crippen LogP contribution in [0.4, 0.5) is 0 Å². The lowest BCUT2D eigenvalue weighted by atomic mass is 10.1. The number of likely N-dealkylation sites (tertiary alicyclic amines) is 1. The van der Waals surface area contributed by atoms with Gasteiger partial charge in [0.25, 0.3) is 11.5 Å². The number of carbonyl (C=O) groups is 1. The molecule has 0 radical (unpaired) electrons. The van der Waals surface area contributed by atoms with Crippen molar-refractivity contribution in [3.63, 3.8) is 0 Å². The van der Waals surface area contributed by atoms with Gasteiger partial charge < -0.3 is 9.73 Å². The fourth-order valence-corrected chi connectivity index (χ4v) is 4.46. The Morgan fingerprint density at radius 1 is 1.09 bits per heavy atom. The lowest BCUT2D eigenvalue weighted by Crippen LogP contribution is -2.41. The zero-order valence-corrected chi connectivity index (χ0v) is 18.8. The normalized spacial score (nSPS) is 15.7. The smallest absolute Gasteiger partial charge is 0.274 e. The number of hydrogen-bond donors (Lipinski definition) is 1. The molecule has 1 aliphatic rings. The number of carbonyl (C=O) groups excluding carboxylic acids is 1. The van der Waals surface area contributed by atoms with Crippen LogP contribution in [-0.4, -0.2) is 40.2 Å². The Balaban J connectivity index is 1.58. The van der Waals surface area contributed by atoms with Crippen molar-refractivity contribution in [2.45, 2.75) is 58.0 Å². The second-order valence-electron chi connectivity index (χ2n) is 8.47. The molecule has 7 nitrogen and oxygen atoms in total. The number of unbranched alkanes of at least 4 members (excludes halogenated alkanes) is 2. The number of rotatable bonds is 9. The summed E-state index contributed by atoms with van der Waals surface area (Å²) >= 11 is 0. The van der Waals surface area contributed by atoms with E-state index in [1.807, 2.05) is 24.3 Å². The molecule has 0 saturated carbocycles. The van der Waals surface area contributed by atoms with Gasteiger partial charge in [-0.2, -0.15) is 5.10 Å². The van der Waals surface area contributed by atoms with Crippen LogP contribution in [0.3, 0.4) is 0 Å². The summed E-state index contributed by atoms with van der Waals surface area (Å²) in [6.07, 6.45) is 8.15. The molecule has 7 heteroatoms. The van der Waals surface area contributed by atoms with Crippen LogP contribution in [0.15, 0.2) is 51.9 Å². The number of amides is 1. The molecule has 0 aliphatic carbocycles. The minimum absolute atomic E-state index is 0.0176. The van der Waals surface area contributed by atoms with Gasteiger partial charge in [0.2, 0.25) is 0 Å². The molecule has 3 aromatic rings. The third-order valence-electron chi connectivity index (χ3n) is 6.22. The first-order valence-corrected chi connectivity index (χ1v) is 11.7. The third-order valence-corrected chi connectivity index (χ3v) is 6.22. The summed E-state index contributed by atoms with van der Waals surface area (Å²) in [5, 5.41) is 8.67. The predicted octanol–water partition coefficient (Wildman–Crippen LogP) is 4.14. The van der Waals surface area contributed by atoms with Gasteiger partial charge in [0, 0.05) is 18.5 Å². The number of benzene rings is 1. The Morgan fingerprint density at radius 2 is 1.88 bits per heavy atom. The first-order chi connectivity index (χ1) is 15.7. The zero-order chi connectivity index (χ0) is 22.3. The zero-order valence-electron chi connectivity index (χ0n) is 18.8. The van der Waals surface area contributed by atoms with Gasteiger partial charge in [-0.05, 0) is 50.6 Å². The van der Waals surface area contributed by atoms with Gasteiger partial charge in [-0.25, -0.2) is 4.68 Å². The van der Waals surface area contributed by atoms with E-state index >= 15 is 0 Å². The molecule has 1 fully saturated rings. The summed E-state index contributed by atoms with van der Waals surface area (Å²) < 4.78 is 7.14. The lowest BCUT2D eigenvalue weighted by Gasteiger charge is -2.33. The van der Waals surface area contributed by atoms with Gasteiger partial charge in [-0.1, -0.05) is 44.4 Å². The van der Waals surface area contributed by atoms with Crippen LogP contribution in [0.2, 0.25) is 0 Å². The Hall–Kier alpha value is -2.93. The minimum Gasteiger partial charge on any atom is -0.468 e. The molecule has 3 heterocycles. The summed E-state index contributed by atoms with van der Waals surface area (Å²) in [6.45, 7) is 5.04. The second-order valence-corrected chi connectivity index (χ2v) is 8.47. The number of hydrogen-bond acceptors (Lipinski definition) is 5. The molecule has 1 atom stereocenters. The van der Waals surface area contributed by atoms with Crippen molar-refractivity contribution < 1.29 is 9.21 Å². The molecule has 1 aromatic carbocycles. The third kappa shape index (κ3) is 4.93. The van der Waals surface area contributed by atoms with E-state index < -0.39 is 0 Å². The first kappa shape index (κ1) is 22.3. The summed E-state index contributed by atoms with van der Waals surface area (Å²) in [4.78, 5) is 28.5. The maximum atomic E-state index is 13.3. The molecule has 1 unspecified atom stereocenters. The van der Waals surface area contributed by atoms with Crippen LogP contribution in [0.25, 0.3) is 10.8 Å². The molecule has 1 amide bonds. The monoisotopic (exact) mass is 436 g/mol. The highest BCUT2D eigenvalue weighted by molar-refractivity contribution is 6.04. The highest BCUT2D eigenvalue weighted by atomic mass is 16.3.